The zero-order valence-electron chi connectivity index (χ0n) is 12.5. The summed E-state index contributed by atoms with van der Waals surface area (Å²) in [5.74, 6) is 1.28. The van der Waals surface area contributed by atoms with E-state index in [0.717, 1.165) is 11.3 Å². The minimum atomic E-state index is 0.102. The average molecular weight is 295 g/mol. The first-order chi connectivity index (χ1) is 10.7. The van der Waals surface area contributed by atoms with Gasteiger partial charge in [-0.1, -0.05) is 30.3 Å². The lowest BCUT2D eigenvalue weighted by molar-refractivity contribution is 0.343. The van der Waals surface area contributed by atoms with E-state index in [4.69, 9.17) is 9.47 Å². The molecule has 0 radical (unpaired) electrons. The number of phenols is 1. The van der Waals surface area contributed by atoms with Crippen LogP contribution in [-0.4, -0.2) is 23.8 Å². The summed E-state index contributed by atoms with van der Waals surface area (Å²) in [6, 6.07) is 15.1. The maximum Gasteiger partial charge on any atom is 0.134 e. The molecule has 0 atom stereocenters. The largest absolute Gasteiger partial charge is 0.507 e. The van der Waals surface area contributed by atoms with Crippen LogP contribution in [0.3, 0.4) is 0 Å². The topological polar surface area (TPSA) is 51.6 Å². The second-order valence-corrected chi connectivity index (χ2v) is 4.85. The number of pyridine rings is 1. The van der Waals surface area contributed by atoms with Gasteiger partial charge in [-0.3, -0.25) is 0 Å². The van der Waals surface area contributed by atoms with Crippen molar-refractivity contribution in [1.82, 2.24) is 4.98 Å². The molecule has 1 N–H and O–H groups in total. The molecule has 3 rings (SSSR count). The van der Waals surface area contributed by atoms with E-state index in [0.29, 0.717) is 29.0 Å². The van der Waals surface area contributed by atoms with E-state index in [9.17, 15) is 5.11 Å². The monoisotopic (exact) mass is 295 g/mol. The molecular weight excluding hydrogens is 278 g/mol. The van der Waals surface area contributed by atoms with E-state index < -0.39 is 0 Å². The maximum atomic E-state index is 10.3. The van der Waals surface area contributed by atoms with E-state index in [1.807, 2.05) is 43.3 Å². The second kappa shape index (κ2) is 5.93. The van der Waals surface area contributed by atoms with Crippen molar-refractivity contribution in [3.8, 4) is 28.5 Å². The van der Waals surface area contributed by atoms with Crippen LogP contribution in [0.1, 0.15) is 6.92 Å². The van der Waals surface area contributed by atoms with Crippen LogP contribution in [0.4, 0.5) is 0 Å². The smallest absolute Gasteiger partial charge is 0.134 e. The first-order valence-corrected chi connectivity index (χ1v) is 7.13. The summed E-state index contributed by atoms with van der Waals surface area (Å²) < 4.78 is 10.9. The molecule has 1 aromatic heterocycles. The summed E-state index contributed by atoms with van der Waals surface area (Å²) in [4.78, 5) is 4.64. The van der Waals surface area contributed by atoms with Crippen molar-refractivity contribution < 1.29 is 14.6 Å². The normalized spacial score (nSPS) is 10.6. The van der Waals surface area contributed by atoms with E-state index in [1.54, 1.807) is 19.2 Å². The fourth-order valence-electron chi connectivity index (χ4n) is 2.43. The Kier molecular flexibility index (Phi) is 3.83. The predicted octanol–water partition coefficient (Wildman–Crippen LogP) is 4.01. The Balaban J connectivity index is 2.28. The molecule has 0 unspecified atom stereocenters. The Labute approximate surface area is 129 Å². The van der Waals surface area contributed by atoms with Crippen molar-refractivity contribution in [1.29, 1.82) is 0 Å². The highest BCUT2D eigenvalue weighted by molar-refractivity contribution is 5.94. The molecule has 0 aliphatic heterocycles. The molecule has 2 aromatic carbocycles. The molecule has 0 bridgehead atoms. The molecule has 4 heteroatoms. The summed E-state index contributed by atoms with van der Waals surface area (Å²) in [5, 5.41) is 10.9. The van der Waals surface area contributed by atoms with Gasteiger partial charge in [0.2, 0.25) is 0 Å². The minimum absolute atomic E-state index is 0.102. The number of nitrogens with zero attached hydrogens (tertiary/aromatic N) is 1. The van der Waals surface area contributed by atoms with Crippen LogP contribution in [0.15, 0.2) is 48.5 Å². The van der Waals surface area contributed by atoms with Gasteiger partial charge >= 0.3 is 0 Å². The second-order valence-electron chi connectivity index (χ2n) is 4.85. The Morgan fingerprint density at radius 1 is 1.09 bits per heavy atom. The van der Waals surface area contributed by atoms with Crippen LogP contribution in [0.5, 0.6) is 17.2 Å². The Morgan fingerprint density at radius 3 is 2.55 bits per heavy atom. The third kappa shape index (κ3) is 2.55. The third-order valence-electron chi connectivity index (χ3n) is 3.43. The van der Waals surface area contributed by atoms with Crippen molar-refractivity contribution in [2.75, 3.05) is 13.7 Å². The Hall–Kier alpha value is -2.75. The van der Waals surface area contributed by atoms with Crippen LogP contribution >= 0.6 is 0 Å². The van der Waals surface area contributed by atoms with Crippen LogP contribution in [0.2, 0.25) is 0 Å². The van der Waals surface area contributed by atoms with Gasteiger partial charge in [-0.15, -0.1) is 0 Å². The molecule has 0 aliphatic rings. The zero-order chi connectivity index (χ0) is 15.5. The zero-order valence-corrected chi connectivity index (χ0v) is 12.5. The predicted molar refractivity (Wildman–Crippen MR) is 86.6 cm³/mol. The van der Waals surface area contributed by atoms with Gasteiger partial charge in [-0.05, 0) is 6.92 Å². The van der Waals surface area contributed by atoms with Crippen molar-refractivity contribution in [2.24, 2.45) is 0 Å². The number of fused-ring (bicyclic) bond motifs is 1. The molecule has 0 spiro atoms. The first kappa shape index (κ1) is 14.2. The third-order valence-corrected chi connectivity index (χ3v) is 3.43. The number of methoxy groups -OCH3 is 1. The number of hydrogen-bond acceptors (Lipinski definition) is 4. The van der Waals surface area contributed by atoms with Crippen LogP contribution in [-0.2, 0) is 0 Å². The lowest BCUT2D eigenvalue weighted by Gasteiger charge is -2.12. The molecule has 0 amide bonds. The van der Waals surface area contributed by atoms with Gasteiger partial charge in [0, 0.05) is 23.8 Å². The van der Waals surface area contributed by atoms with Gasteiger partial charge in [-0.2, -0.15) is 0 Å². The fraction of sp³-hybridized carbons (Fsp3) is 0.167. The van der Waals surface area contributed by atoms with Crippen LogP contribution in [0.25, 0.3) is 22.2 Å². The molecule has 4 nitrogen and oxygen atoms in total. The van der Waals surface area contributed by atoms with E-state index in [1.165, 1.54) is 0 Å². The summed E-state index contributed by atoms with van der Waals surface area (Å²) in [6.45, 7) is 2.42. The molecule has 1 heterocycles. The van der Waals surface area contributed by atoms with Gasteiger partial charge in [0.15, 0.2) is 0 Å². The molecule has 0 saturated carbocycles. The lowest BCUT2D eigenvalue weighted by atomic mass is 10.1. The van der Waals surface area contributed by atoms with Crippen molar-refractivity contribution >= 4 is 10.9 Å². The quantitative estimate of drug-likeness (QED) is 0.790. The van der Waals surface area contributed by atoms with E-state index in [2.05, 4.69) is 4.98 Å². The van der Waals surface area contributed by atoms with Crippen LogP contribution in [0, 0.1) is 0 Å². The molecule has 0 saturated heterocycles. The minimum Gasteiger partial charge on any atom is -0.507 e. The van der Waals surface area contributed by atoms with Gasteiger partial charge < -0.3 is 14.6 Å². The lowest BCUT2D eigenvalue weighted by Crippen LogP contribution is -1.96. The van der Waals surface area contributed by atoms with Gasteiger partial charge in [0.1, 0.15) is 17.2 Å². The summed E-state index contributed by atoms with van der Waals surface area (Å²) in [5.41, 5.74) is 2.43. The molecule has 3 aromatic rings. The molecule has 0 aliphatic carbocycles. The summed E-state index contributed by atoms with van der Waals surface area (Å²) in [7, 11) is 1.56. The molecule has 22 heavy (non-hydrogen) atoms. The number of aromatic nitrogens is 1. The van der Waals surface area contributed by atoms with E-state index in [-0.39, 0.29) is 5.75 Å². The number of ether oxygens (including phenoxy) is 2. The first-order valence-electron chi connectivity index (χ1n) is 7.13. The van der Waals surface area contributed by atoms with E-state index >= 15 is 0 Å². The fourth-order valence-corrected chi connectivity index (χ4v) is 2.43. The highest BCUT2D eigenvalue weighted by Gasteiger charge is 2.13. The number of hydrogen-bond donors (Lipinski definition) is 1. The standard InChI is InChI=1S/C18H17NO3/c1-3-22-17-11-14(12-7-5-4-6-8-12)19-15-9-13(21-2)10-16(20)18(15)17/h4-11,20H,3H2,1-2H3. The SMILES string of the molecule is CCOc1cc(-c2ccccc2)nc2cc(OC)cc(O)c12. The number of aromatic hydroxyl groups is 1. The van der Waals surface area contributed by atoms with Crippen LogP contribution < -0.4 is 9.47 Å². The number of rotatable bonds is 4. The average Bonchev–Trinajstić information content (AvgIpc) is 2.55. The maximum absolute atomic E-state index is 10.3. The Morgan fingerprint density at radius 2 is 1.86 bits per heavy atom. The highest BCUT2D eigenvalue weighted by atomic mass is 16.5. The summed E-state index contributed by atoms with van der Waals surface area (Å²) in [6.07, 6.45) is 0. The van der Waals surface area contributed by atoms with Crippen molar-refractivity contribution in [3.63, 3.8) is 0 Å². The van der Waals surface area contributed by atoms with Gasteiger partial charge in [0.25, 0.3) is 0 Å². The highest BCUT2D eigenvalue weighted by Crippen LogP contribution is 2.38. The summed E-state index contributed by atoms with van der Waals surface area (Å²) >= 11 is 0. The van der Waals surface area contributed by atoms with Gasteiger partial charge in [0.05, 0.1) is 30.3 Å². The number of phenolic OH excluding ortho intramolecular Hbond substituents is 1. The van der Waals surface area contributed by atoms with Gasteiger partial charge in [-0.25, -0.2) is 4.98 Å². The van der Waals surface area contributed by atoms with Crippen molar-refractivity contribution in [3.05, 3.63) is 48.5 Å². The molecule has 0 fully saturated rings. The van der Waals surface area contributed by atoms with Crippen molar-refractivity contribution in [2.45, 2.75) is 6.92 Å². The number of benzene rings is 2. The molecular formula is C18H17NO3. The Bertz CT molecular complexity index is 800. The molecule has 112 valence electrons.